The monoisotopic (exact) mass is 358 g/mol. The van der Waals surface area contributed by atoms with Gasteiger partial charge in [0.25, 0.3) is 0 Å². The molecule has 0 bridgehead atoms. The fraction of sp³-hybridized carbons (Fsp3) is 0.714. The van der Waals surface area contributed by atoms with Crippen molar-refractivity contribution in [1.29, 1.82) is 0 Å². The molecule has 0 aliphatic heterocycles. The average Bonchev–Trinajstić information content (AvgIpc) is 2.87. The van der Waals surface area contributed by atoms with Gasteiger partial charge < -0.3 is 10.6 Å². The van der Waals surface area contributed by atoms with E-state index >= 15 is 0 Å². The SMILES string of the molecule is CCCNc1ncc(Br)c(NC2CCC(SCC)C2)n1. The van der Waals surface area contributed by atoms with Crippen molar-refractivity contribution in [2.24, 2.45) is 0 Å². The highest BCUT2D eigenvalue weighted by atomic mass is 79.9. The molecule has 0 amide bonds. The molecule has 1 heterocycles. The van der Waals surface area contributed by atoms with E-state index in [0.717, 1.165) is 28.5 Å². The van der Waals surface area contributed by atoms with Crippen LogP contribution in [0.4, 0.5) is 11.8 Å². The topological polar surface area (TPSA) is 49.8 Å². The first-order valence-corrected chi connectivity index (χ1v) is 9.21. The number of hydrogen-bond acceptors (Lipinski definition) is 5. The molecule has 4 nitrogen and oxygen atoms in total. The van der Waals surface area contributed by atoms with Gasteiger partial charge in [0.2, 0.25) is 5.95 Å². The van der Waals surface area contributed by atoms with E-state index in [4.69, 9.17) is 0 Å². The molecular weight excluding hydrogens is 336 g/mol. The molecule has 0 aromatic carbocycles. The molecule has 1 fully saturated rings. The van der Waals surface area contributed by atoms with Gasteiger partial charge in [0.1, 0.15) is 5.82 Å². The van der Waals surface area contributed by atoms with Crippen LogP contribution in [0.2, 0.25) is 0 Å². The Morgan fingerprint density at radius 3 is 3.00 bits per heavy atom. The third-order valence-corrected chi connectivity index (χ3v) is 5.22. The molecule has 20 heavy (non-hydrogen) atoms. The lowest BCUT2D eigenvalue weighted by atomic mass is 10.2. The number of anilines is 2. The molecular formula is C14H23BrN4S. The first kappa shape index (κ1) is 15.9. The summed E-state index contributed by atoms with van der Waals surface area (Å²) < 4.78 is 0.936. The van der Waals surface area contributed by atoms with Crippen molar-refractivity contribution < 1.29 is 0 Å². The van der Waals surface area contributed by atoms with Gasteiger partial charge in [-0.3, -0.25) is 0 Å². The molecule has 1 aromatic rings. The highest BCUT2D eigenvalue weighted by Crippen LogP contribution is 2.32. The molecule has 2 rings (SSSR count). The molecule has 1 aliphatic carbocycles. The summed E-state index contributed by atoms with van der Waals surface area (Å²) in [6, 6.07) is 0.532. The zero-order chi connectivity index (χ0) is 14.4. The Hall–Kier alpha value is -0.490. The molecule has 2 atom stereocenters. The number of halogens is 1. The van der Waals surface area contributed by atoms with Gasteiger partial charge >= 0.3 is 0 Å². The third kappa shape index (κ3) is 4.52. The predicted octanol–water partition coefficient (Wildman–Crippen LogP) is 4.15. The Bertz CT molecular complexity index is 430. The number of nitrogens with zero attached hydrogens (tertiary/aromatic N) is 2. The minimum absolute atomic E-state index is 0.532. The normalized spacial score (nSPS) is 21.9. The highest BCUT2D eigenvalue weighted by molar-refractivity contribution is 9.10. The summed E-state index contributed by atoms with van der Waals surface area (Å²) in [5, 5.41) is 7.59. The van der Waals surface area contributed by atoms with Crippen LogP contribution >= 0.6 is 27.7 Å². The van der Waals surface area contributed by atoms with E-state index in [1.165, 1.54) is 25.0 Å². The average molecular weight is 359 g/mol. The van der Waals surface area contributed by atoms with Crippen LogP contribution in [0.1, 0.15) is 39.5 Å². The summed E-state index contributed by atoms with van der Waals surface area (Å²) >= 11 is 5.61. The van der Waals surface area contributed by atoms with Crippen LogP contribution in [0.3, 0.4) is 0 Å². The van der Waals surface area contributed by atoms with E-state index in [1.807, 2.05) is 6.20 Å². The molecule has 0 spiro atoms. The van der Waals surface area contributed by atoms with Crippen LogP contribution in [-0.2, 0) is 0 Å². The van der Waals surface area contributed by atoms with E-state index in [-0.39, 0.29) is 0 Å². The summed E-state index contributed by atoms with van der Waals surface area (Å²) in [5.41, 5.74) is 0. The van der Waals surface area contributed by atoms with E-state index in [2.05, 4.69) is 62.1 Å². The minimum atomic E-state index is 0.532. The van der Waals surface area contributed by atoms with Gasteiger partial charge in [-0.05, 0) is 47.4 Å². The van der Waals surface area contributed by atoms with E-state index in [9.17, 15) is 0 Å². The fourth-order valence-electron chi connectivity index (χ4n) is 2.44. The molecule has 0 radical (unpaired) electrons. The van der Waals surface area contributed by atoms with Crippen molar-refractivity contribution in [2.75, 3.05) is 22.9 Å². The first-order valence-electron chi connectivity index (χ1n) is 7.37. The van der Waals surface area contributed by atoms with Gasteiger partial charge in [-0.2, -0.15) is 16.7 Å². The molecule has 0 saturated heterocycles. The summed E-state index contributed by atoms with van der Waals surface area (Å²) in [4.78, 5) is 8.84. The van der Waals surface area contributed by atoms with Crippen molar-refractivity contribution in [3.05, 3.63) is 10.7 Å². The van der Waals surface area contributed by atoms with Gasteiger partial charge in [-0.15, -0.1) is 0 Å². The molecule has 112 valence electrons. The second-order valence-corrected chi connectivity index (χ2v) is 7.48. The quantitative estimate of drug-likeness (QED) is 0.766. The molecule has 6 heteroatoms. The number of thioether (sulfide) groups is 1. The maximum absolute atomic E-state index is 4.56. The largest absolute Gasteiger partial charge is 0.366 e. The smallest absolute Gasteiger partial charge is 0.224 e. The Morgan fingerprint density at radius 1 is 1.40 bits per heavy atom. The zero-order valence-corrected chi connectivity index (χ0v) is 14.6. The number of nitrogens with one attached hydrogen (secondary N) is 2. The first-order chi connectivity index (χ1) is 9.72. The van der Waals surface area contributed by atoms with Crippen molar-refractivity contribution in [2.45, 2.75) is 50.8 Å². The second-order valence-electron chi connectivity index (χ2n) is 5.05. The van der Waals surface area contributed by atoms with Crippen molar-refractivity contribution in [3.63, 3.8) is 0 Å². The van der Waals surface area contributed by atoms with Crippen molar-refractivity contribution in [3.8, 4) is 0 Å². The summed E-state index contributed by atoms with van der Waals surface area (Å²) in [7, 11) is 0. The van der Waals surface area contributed by atoms with Crippen LogP contribution in [-0.4, -0.2) is 33.6 Å². The highest BCUT2D eigenvalue weighted by Gasteiger charge is 2.25. The Morgan fingerprint density at radius 2 is 2.25 bits per heavy atom. The molecule has 2 N–H and O–H groups in total. The van der Waals surface area contributed by atoms with Crippen LogP contribution in [0.25, 0.3) is 0 Å². The lowest BCUT2D eigenvalue weighted by Gasteiger charge is -2.15. The van der Waals surface area contributed by atoms with Crippen LogP contribution in [0.15, 0.2) is 10.7 Å². The van der Waals surface area contributed by atoms with Gasteiger partial charge in [-0.1, -0.05) is 13.8 Å². The molecule has 1 aliphatic rings. The van der Waals surface area contributed by atoms with Gasteiger partial charge in [0.05, 0.1) is 4.47 Å². The number of hydrogen-bond donors (Lipinski definition) is 2. The van der Waals surface area contributed by atoms with E-state index in [1.54, 1.807) is 0 Å². The Balaban J connectivity index is 1.94. The van der Waals surface area contributed by atoms with Crippen LogP contribution in [0.5, 0.6) is 0 Å². The molecule has 2 unspecified atom stereocenters. The maximum atomic E-state index is 4.56. The van der Waals surface area contributed by atoms with Gasteiger partial charge in [0.15, 0.2) is 0 Å². The molecule has 1 aromatic heterocycles. The predicted molar refractivity (Wildman–Crippen MR) is 91.7 cm³/mol. The van der Waals surface area contributed by atoms with Gasteiger partial charge in [0, 0.05) is 24.0 Å². The van der Waals surface area contributed by atoms with Gasteiger partial charge in [-0.25, -0.2) is 4.98 Å². The number of aromatic nitrogens is 2. The number of rotatable bonds is 7. The van der Waals surface area contributed by atoms with Crippen molar-refractivity contribution in [1.82, 2.24) is 9.97 Å². The van der Waals surface area contributed by atoms with Crippen molar-refractivity contribution >= 4 is 39.5 Å². The van der Waals surface area contributed by atoms with E-state index in [0.29, 0.717) is 12.0 Å². The lowest BCUT2D eigenvalue weighted by molar-refractivity contribution is 0.750. The second kappa shape index (κ2) is 8.08. The Kier molecular flexibility index (Phi) is 6.42. The minimum Gasteiger partial charge on any atom is -0.366 e. The van der Waals surface area contributed by atoms with Crippen LogP contribution in [0, 0.1) is 0 Å². The lowest BCUT2D eigenvalue weighted by Crippen LogP contribution is -2.18. The maximum Gasteiger partial charge on any atom is 0.224 e. The summed E-state index contributed by atoms with van der Waals surface area (Å²) in [6.07, 6.45) is 6.65. The standard InChI is InChI=1S/C14H23BrN4S/c1-3-7-16-14-17-9-12(15)13(19-14)18-10-5-6-11(8-10)20-4-2/h9-11H,3-8H2,1-2H3,(H2,16,17,18,19). The van der Waals surface area contributed by atoms with Crippen LogP contribution < -0.4 is 10.6 Å². The molecule has 1 saturated carbocycles. The van der Waals surface area contributed by atoms with E-state index < -0.39 is 0 Å². The zero-order valence-electron chi connectivity index (χ0n) is 12.2. The summed E-state index contributed by atoms with van der Waals surface area (Å²) in [6.45, 7) is 5.27. The summed E-state index contributed by atoms with van der Waals surface area (Å²) in [5.74, 6) is 2.82. The third-order valence-electron chi connectivity index (χ3n) is 3.40. The Labute approximate surface area is 134 Å². The fourth-order valence-corrected chi connectivity index (χ4v) is 3.89.